The fourth-order valence-corrected chi connectivity index (χ4v) is 5.48. The maximum absolute atomic E-state index is 5.39. The standard InChI is InChI=1S/C28H32N6O/c1-35-22-14-12-19(13-15-22)25-26(23-16-17-29-28(32-23)31-21-9-4-5-10-21)34-18-6-11-24(27(34)33-25)30-20-7-2-3-8-20/h6,11-18,20-21,30H,2-5,7-10H2,1H3,(H,29,31,32). The van der Waals surface area contributed by atoms with E-state index >= 15 is 0 Å². The summed E-state index contributed by atoms with van der Waals surface area (Å²) in [5.74, 6) is 1.51. The monoisotopic (exact) mass is 468 g/mol. The molecule has 2 aliphatic rings. The molecule has 2 aliphatic carbocycles. The summed E-state index contributed by atoms with van der Waals surface area (Å²) in [7, 11) is 1.69. The first-order valence-corrected chi connectivity index (χ1v) is 12.8. The van der Waals surface area contributed by atoms with Gasteiger partial charge in [0.2, 0.25) is 5.95 Å². The molecule has 0 amide bonds. The van der Waals surface area contributed by atoms with E-state index in [-0.39, 0.29) is 0 Å². The van der Waals surface area contributed by atoms with Crippen LogP contribution in [0.3, 0.4) is 0 Å². The second-order valence-electron chi connectivity index (χ2n) is 9.67. The molecule has 0 radical (unpaired) electrons. The fraction of sp³-hybridized carbons (Fsp3) is 0.393. The van der Waals surface area contributed by atoms with Gasteiger partial charge in [-0.15, -0.1) is 0 Å². The Hall–Kier alpha value is -3.61. The Bertz CT molecular complexity index is 1300. The largest absolute Gasteiger partial charge is 0.497 e. The average molecular weight is 469 g/mol. The van der Waals surface area contributed by atoms with Crippen molar-refractivity contribution < 1.29 is 4.74 Å². The van der Waals surface area contributed by atoms with Crippen molar-refractivity contribution in [1.29, 1.82) is 0 Å². The summed E-state index contributed by atoms with van der Waals surface area (Å²) >= 11 is 0. The van der Waals surface area contributed by atoms with E-state index in [1.165, 1.54) is 51.4 Å². The number of nitrogens with one attached hydrogen (secondary N) is 2. The van der Waals surface area contributed by atoms with Crippen LogP contribution < -0.4 is 15.4 Å². The molecular weight excluding hydrogens is 436 g/mol. The highest BCUT2D eigenvalue weighted by molar-refractivity contribution is 5.84. The van der Waals surface area contributed by atoms with E-state index in [0.717, 1.165) is 39.7 Å². The van der Waals surface area contributed by atoms with Gasteiger partial charge in [0.05, 0.1) is 29.9 Å². The van der Waals surface area contributed by atoms with E-state index in [1.54, 1.807) is 7.11 Å². The Kier molecular flexibility index (Phi) is 5.98. The molecule has 3 aromatic heterocycles. The van der Waals surface area contributed by atoms with Crippen LogP contribution in [-0.4, -0.2) is 38.5 Å². The van der Waals surface area contributed by atoms with Gasteiger partial charge in [0, 0.05) is 30.0 Å². The second kappa shape index (κ2) is 9.56. The van der Waals surface area contributed by atoms with Crippen LogP contribution in [0.2, 0.25) is 0 Å². The molecule has 0 atom stereocenters. The lowest BCUT2D eigenvalue weighted by Crippen LogP contribution is -2.16. The summed E-state index contributed by atoms with van der Waals surface area (Å²) in [5, 5.41) is 7.30. The summed E-state index contributed by atoms with van der Waals surface area (Å²) in [4.78, 5) is 14.6. The Morgan fingerprint density at radius 1 is 0.857 bits per heavy atom. The van der Waals surface area contributed by atoms with Gasteiger partial charge < -0.3 is 15.4 Å². The van der Waals surface area contributed by atoms with E-state index in [1.807, 2.05) is 24.4 Å². The topological polar surface area (TPSA) is 76.4 Å². The lowest BCUT2D eigenvalue weighted by atomic mass is 10.1. The number of fused-ring (bicyclic) bond motifs is 1. The highest BCUT2D eigenvalue weighted by Gasteiger charge is 2.22. The quantitative estimate of drug-likeness (QED) is 0.337. The molecule has 7 heteroatoms. The van der Waals surface area contributed by atoms with Crippen LogP contribution >= 0.6 is 0 Å². The van der Waals surface area contributed by atoms with Crippen LogP contribution in [0.25, 0.3) is 28.3 Å². The molecule has 4 aromatic rings. The molecule has 2 N–H and O–H groups in total. The minimum Gasteiger partial charge on any atom is -0.497 e. The van der Waals surface area contributed by atoms with Crippen molar-refractivity contribution in [3.8, 4) is 28.4 Å². The summed E-state index contributed by atoms with van der Waals surface area (Å²) < 4.78 is 7.55. The molecule has 180 valence electrons. The third kappa shape index (κ3) is 4.43. The Balaban J connectivity index is 1.47. The van der Waals surface area contributed by atoms with Crippen LogP contribution in [0.15, 0.2) is 54.9 Å². The first kappa shape index (κ1) is 21.9. The molecule has 3 heterocycles. The predicted molar refractivity (Wildman–Crippen MR) is 140 cm³/mol. The van der Waals surface area contributed by atoms with Gasteiger partial charge in [-0.05, 0) is 68.1 Å². The van der Waals surface area contributed by atoms with Crippen LogP contribution in [0.4, 0.5) is 11.6 Å². The zero-order valence-corrected chi connectivity index (χ0v) is 20.2. The van der Waals surface area contributed by atoms with Gasteiger partial charge >= 0.3 is 0 Å². The van der Waals surface area contributed by atoms with Crippen molar-refractivity contribution >= 4 is 17.3 Å². The highest BCUT2D eigenvalue weighted by Crippen LogP contribution is 2.36. The SMILES string of the molecule is COc1ccc(-c2nc3c(NC4CCCC4)cccn3c2-c2ccnc(NC3CCCC3)n2)cc1. The molecule has 6 rings (SSSR count). The Morgan fingerprint density at radius 3 is 2.29 bits per heavy atom. The zero-order chi connectivity index (χ0) is 23.6. The van der Waals surface area contributed by atoms with Crippen molar-refractivity contribution in [2.24, 2.45) is 0 Å². The Morgan fingerprint density at radius 2 is 1.57 bits per heavy atom. The van der Waals surface area contributed by atoms with Gasteiger partial charge in [0.1, 0.15) is 5.75 Å². The third-order valence-corrected chi connectivity index (χ3v) is 7.31. The van der Waals surface area contributed by atoms with Gasteiger partial charge in [-0.25, -0.2) is 15.0 Å². The summed E-state index contributed by atoms with van der Waals surface area (Å²) in [6.07, 6.45) is 13.8. The average Bonchev–Trinajstić information content (AvgIpc) is 3.66. The number of nitrogens with zero attached hydrogens (tertiary/aromatic N) is 4. The molecular formula is C28H32N6O. The van der Waals surface area contributed by atoms with Crippen molar-refractivity contribution in [1.82, 2.24) is 19.4 Å². The number of hydrogen-bond donors (Lipinski definition) is 2. The molecule has 0 bridgehead atoms. The van der Waals surface area contributed by atoms with Gasteiger partial charge in [-0.3, -0.25) is 4.40 Å². The van der Waals surface area contributed by atoms with Crippen LogP contribution in [0, 0.1) is 0 Å². The van der Waals surface area contributed by atoms with E-state index < -0.39 is 0 Å². The molecule has 0 spiro atoms. The molecule has 2 fully saturated rings. The second-order valence-corrected chi connectivity index (χ2v) is 9.67. The third-order valence-electron chi connectivity index (χ3n) is 7.31. The number of imidazole rings is 1. The van der Waals surface area contributed by atoms with Crippen LogP contribution in [-0.2, 0) is 0 Å². The number of ether oxygens (including phenoxy) is 1. The predicted octanol–water partition coefficient (Wildman–Crippen LogP) is 6.18. The normalized spacial score (nSPS) is 16.7. The number of pyridine rings is 1. The lowest BCUT2D eigenvalue weighted by Gasteiger charge is -2.14. The fourth-order valence-electron chi connectivity index (χ4n) is 5.48. The smallest absolute Gasteiger partial charge is 0.223 e. The number of benzene rings is 1. The first-order valence-electron chi connectivity index (χ1n) is 12.8. The zero-order valence-electron chi connectivity index (χ0n) is 20.2. The molecule has 0 unspecified atom stereocenters. The number of rotatable bonds is 7. The number of aromatic nitrogens is 4. The van der Waals surface area contributed by atoms with Gasteiger partial charge in [0.15, 0.2) is 5.65 Å². The summed E-state index contributed by atoms with van der Waals surface area (Å²) in [5.41, 5.74) is 5.75. The molecule has 0 saturated heterocycles. The maximum Gasteiger partial charge on any atom is 0.223 e. The van der Waals surface area contributed by atoms with Crippen molar-refractivity contribution in [3.05, 3.63) is 54.9 Å². The number of anilines is 2. The lowest BCUT2D eigenvalue weighted by molar-refractivity contribution is 0.415. The van der Waals surface area contributed by atoms with Crippen molar-refractivity contribution in [2.45, 2.75) is 63.5 Å². The molecule has 7 nitrogen and oxygen atoms in total. The molecule has 35 heavy (non-hydrogen) atoms. The van der Waals surface area contributed by atoms with Crippen LogP contribution in [0.5, 0.6) is 5.75 Å². The van der Waals surface area contributed by atoms with Crippen molar-refractivity contribution in [3.63, 3.8) is 0 Å². The van der Waals surface area contributed by atoms with Gasteiger partial charge in [-0.2, -0.15) is 0 Å². The minimum atomic E-state index is 0.454. The van der Waals surface area contributed by atoms with Crippen LogP contribution in [0.1, 0.15) is 51.4 Å². The number of methoxy groups -OCH3 is 1. The maximum atomic E-state index is 5.39. The molecule has 0 aliphatic heterocycles. The summed E-state index contributed by atoms with van der Waals surface area (Å²) in [6, 6.07) is 15.2. The van der Waals surface area contributed by atoms with Crippen molar-refractivity contribution in [2.75, 3.05) is 17.7 Å². The van der Waals surface area contributed by atoms with Gasteiger partial charge in [0.25, 0.3) is 0 Å². The van der Waals surface area contributed by atoms with E-state index in [4.69, 9.17) is 14.7 Å². The minimum absolute atomic E-state index is 0.454. The van der Waals surface area contributed by atoms with E-state index in [2.05, 4.69) is 50.5 Å². The molecule has 2 saturated carbocycles. The summed E-state index contributed by atoms with van der Waals surface area (Å²) in [6.45, 7) is 0. The highest BCUT2D eigenvalue weighted by atomic mass is 16.5. The Labute approximate surface area is 206 Å². The van der Waals surface area contributed by atoms with E-state index in [0.29, 0.717) is 18.0 Å². The number of hydrogen-bond acceptors (Lipinski definition) is 6. The first-order chi connectivity index (χ1) is 17.3. The van der Waals surface area contributed by atoms with E-state index in [9.17, 15) is 0 Å². The van der Waals surface area contributed by atoms with Gasteiger partial charge in [-0.1, -0.05) is 25.7 Å². The molecule has 1 aromatic carbocycles.